The van der Waals surface area contributed by atoms with Crippen molar-refractivity contribution in [1.29, 1.82) is 0 Å². The summed E-state index contributed by atoms with van der Waals surface area (Å²) in [6.45, 7) is 6.49. The molecule has 0 saturated heterocycles. The summed E-state index contributed by atoms with van der Waals surface area (Å²) in [5, 5.41) is 0. The summed E-state index contributed by atoms with van der Waals surface area (Å²) in [5.41, 5.74) is 0. The largest absolute Gasteiger partial charge is 0.462 e. The van der Waals surface area contributed by atoms with E-state index in [1.807, 2.05) is 0 Å². The predicted octanol–water partition coefficient (Wildman–Crippen LogP) is 23.2. The molecule has 1 atom stereocenters. The fourth-order valence-electron chi connectivity index (χ4n) is 9.24. The molecule has 0 aliphatic rings. The summed E-state index contributed by atoms with van der Waals surface area (Å²) in [6.07, 6.45) is 93.8. The highest BCUT2D eigenvalue weighted by Crippen LogP contribution is 2.17. The maximum absolute atomic E-state index is 12.9. The Morgan fingerprint density at radius 3 is 0.762 bits per heavy atom. The minimum absolute atomic E-state index is 0.0899. The van der Waals surface area contributed by atoms with E-state index in [1.54, 1.807) is 0 Å². The number of carbonyl (C=O) groups excluding carboxylic acids is 3. The molecule has 80 heavy (non-hydrogen) atoms. The van der Waals surface area contributed by atoms with Crippen LogP contribution < -0.4 is 0 Å². The van der Waals surface area contributed by atoms with E-state index in [-0.39, 0.29) is 31.1 Å². The van der Waals surface area contributed by atoms with Gasteiger partial charge in [0, 0.05) is 19.3 Å². The van der Waals surface area contributed by atoms with Gasteiger partial charge in [-0.1, -0.05) is 316 Å². The van der Waals surface area contributed by atoms with Crippen molar-refractivity contribution in [2.75, 3.05) is 13.2 Å². The van der Waals surface area contributed by atoms with Crippen LogP contribution in [0.2, 0.25) is 0 Å². The Labute approximate surface area is 494 Å². The lowest BCUT2D eigenvalue weighted by Gasteiger charge is -2.18. The van der Waals surface area contributed by atoms with Gasteiger partial charge in [-0.15, -0.1) is 0 Å². The van der Waals surface area contributed by atoms with E-state index in [2.05, 4.69) is 142 Å². The second kappa shape index (κ2) is 67.3. The number of unbranched alkanes of at least 4 members (excludes halogenated alkanes) is 29. The molecule has 0 saturated carbocycles. The molecule has 0 rings (SSSR count). The number of hydrogen-bond acceptors (Lipinski definition) is 6. The zero-order valence-electron chi connectivity index (χ0n) is 52.3. The maximum Gasteiger partial charge on any atom is 0.306 e. The van der Waals surface area contributed by atoms with Crippen LogP contribution in [-0.4, -0.2) is 37.2 Å². The molecular formula is C74H124O6. The van der Waals surface area contributed by atoms with Crippen LogP contribution in [0.25, 0.3) is 0 Å². The number of hydrogen-bond donors (Lipinski definition) is 0. The second-order valence-corrected chi connectivity index (χ2v) is 22.0. The molecule has 0 aromatic rings. The van der Waals surface area contributed by atoms with E-state index in [9.17, 15) is 14.4 Å². The highest BCUT2D eigenvalue weighted by atomic mass is 16.6. The molecule has 456 valence electrons. The normalized spacial score (nSPS) is 12.9. The number of rotatable bonds is 60. The van der Waals surface area contributed by atoms with Crippen molar-refractivity contribution >= 4 is 17.9 Å². The van der Waals surface area contributed by atoms with E-state index in [4.69, 9.17) is 14.2 Å². The summed E-state index contributed by atoms with van der Waals surface area (Å²) in [4.78, 5) is 38.2. The fourth-order valence-corrected chi connectivity index (χ4v) is 9.24. The molecule has 0 amide bonds. The Morgan fingerprint density at radius 1 is 0.263 bits per heavy atom. The average Bonchev–Trinajstić information content (AvgIpc) is 3.46. The monoisotopic (exact) mass is 1110 g/mol. The quantitative estimate of drug-likeness (QED) is 0.0261. The molecule has 0 bridgehead atoms. The zero-order chi connectivity index (χ0) is 57.8. The summed E-state index contributed by atoms with van der Waals surface area (Å²) < 4.78 is 16.8. The Bertz CT molecular complexity index is 1650. The molecule has 0 spiro atoms. The fraction of sp³-hybridized carbons (Fsp3) is 0.689. The second-order valence-electron chi connectivity index (χ2n) is 22.0. The van der Waals surface area contributed by atoms with Gasteiger partial charge >= 0.3 is 17.9 Å². The van der Waals surface area contributed by atoms with Gasteiger partial charge in [-0.25, -0.2) is 0 Å². The molecule has 0 aliphatic heterocycles. The molecular weight excluding hydrogens is 985 g/mol. The van der Waals surface area contributed by atoms with Gasteiger partial charge in [0.25, 0.3) is 0 Å². The van der Waals surface area contributed by atoms with Gasteiger partial charge in [0.05, 0.1) is 0 Å². The van der Waals surface area contributed by atoms with Crippen LogP contribution in [0.5, 0.6) is 0 Å². The minimum atomic E-state index is -0.795. The summed E-state index contributed by atoms with van der Waals surface area (Å²) in [7, 11) is 0. The molecule has 1 unspecified atom stereocenters. The van der Waals surface area contributed by atoms with Crippen LogP contribution in [0.3, 0.4) is 0 Å². The lowest BCUT2D eigenvalue weighted by molar-refractivity contribution is -0.167. The van der Waals surface area contributed by atoms with Gasteiger partial charge in [0.2, 0.25) is 0 Å². The molecule has 0 aromatic heterocycles. The smallest absolute Gasteiger partial charge is 0.306 e. The molecule has 0 aliphatic carbocycles. The van der Waals surface area contributed by atoms with Crippen LogP contribution in [0, 0.1) is 0 Å². The Kier molecular flexibility index (Phi) is 63.8. The third-order valence-corrected chi connectivity index (χ3v) is 14.2. The standard InChI is InChI=1S/C74H124O6/c1-4-7-10-13-16-19-21-23-25-27-29-31-32-33-34-35-36-37-38-39-40-41-42-44-45-47-49-51-53-55-58-61-64-67-73(76)79-70-71(69-78-72(75)66-63-60-57-18-15-12-9-6-3)80-74(77)68-65-62-59-56-54-52-50-48-46-43-30-28-26-24-22-20-17-14-11-8-5-2/h7,10,16,19,23,25,29,31,33-34,36-37,39-40,42,44,47,49,53,55,71H,4-6,8-9,11-15,17-18,20-22,24,26-28,30,32,35,38,41,43,45-46,48,50-52,54,56-70H2,1-3H3/b10-7-,19-16-,25-23-,31-29-,34-33-,37-36-,40-39-,44-42-,49-47-,55-53-. The van der Waals surface area contributed by atoms with E-state index < -0.39 is 6.10 Å². The van der Waals surface area contributed by atoms with E-state index in [0.29, 0.717) is 19.3 Å². The molecule has 0 fully saturated rings. The Balaban J connectivity index is 4.25. The van der Waals surface area contributed by atoms with Crippen molar-refractivity contribution in [2.45, 2.75) is 316 Å². The number of carbonyl (C=O) groups is 3. The topological polar surface area (TPSA) is 78.9 Å². The minimum Gasteiger partial charge on any atom is -0.462 e. The first-order valence-electron chi connectivity index (χ1n) is 33.5. The average molecular weight is 1110 g/mol. The predicted molar refractivity (Wildman–Crippen MR) is 348 cm³/mol. The van der Waals surface area contributed by atoms with Crippen molar-refractivity contribution in [2.24, 2.45) is 0 Å². The number of esters is 3. The van der Waals surface area contributed by atoms with Crippen LogP contribution in [0.1, 0.15) is 310 Å². The van der Waals surface area contributed by atoms with Crippen LogP contribution in [0.15, 0.2) is 122 Å². The van der Waals surface area contributed by atoms with Crippen molar-refractivity contribution in [1.82, 2.24) is 0 Å². The van der Waals surface area contributed by atoms with Gasteiger partial charge in [0.15, 0.2) is 6.10 Å². The molecule has 6 heteroatoms. The Morgan fingerprint density at radius 2 is 0.487 bits per heavy atom. The van der Waals surface area contributed by atoms with Gasteiger partial charge in [-0.2, -0.15) is 0 Å². The number of allylic oxidation sites excluding steroid dienone is 20. The molecule has 0 N–H and O–H groups in total. The lowest BCUT2D eigenvalue weighted by Crippen LogP contribution is -2.30. The molecule has 6 nitrogen and oxygen atoms in total. The van der Waals surface area contributed by atoms with Gasteiger partial charge in [-0.3, -0.25) is 14.4 Å². The van der Waals surface area contributed by atoms with Gasteiger partial charge in [0.1, 0.15) is 13.2 Å². The SMILES string of the molecule is CC/C=C\C/C=C\C/C=C\C/C=C\C/C=C\C/C=C\C/C=C\C/C=C\C/C=C\C/C=C\CCCCC(=O)OCC(COC(=O)CCCCCCCCCC)OC(=O)CCCCCCCCCCCCCCCCCCCCCCC. The third-order valence-electron chi connectivity index (χ3n) is 14.2. The van der Waals surface area contributed by atoms with E-state index >= 15 is 0 Å². The molecule has 0 heterocycles. The van der Waals surface area contributed by atoms with Crippen molar-refractivity contribution in [3.05, 3.63) is 122 Å². The van der Waals surface area contributed by atoms with Crippen LogP contribution in [0.4, 0.5) is 0 Å². The zero-order valence-corrected chi connectivity index (χ0v) is 52.3. The summed E-state index contributed by atoms with van der Waals surface area (Å²) in [5.74, 6) is -0.931. The molecule has 0 radical (unpaired) electrons. The van der Waals surface area contributed by atoms with Crippen molar-refractivity contribution < 1.29 is 28.6 Å². The Hall–Kier alpha value is -4.19. The van der Waals surface area contributed by atoms with Gasteiger partial charge in [-0.05, 0) is 96.3 Å². The first-order chi connectivity index (χ1) is 39.5. The number of ether oxygens (including phenoxy) is 3. The first-order valence-corrected chi connectivity index (χ1v) is 33.5. The third kappa shape index (κ3) is 64.6. The van der Waals surface area contributed by atoms with Crippen molar-refractivity contribution in [3.63, 3.8) is 0 Å². The van der Waals surface area contributed by atoms with E-state index in [1.165, 1.54) is 148 Å². The molecule has 0 aromatic carbocycles. The lowest BCUT2D eigenvalue weighted by atomic mass is 10.0. The van der Waals surface area contributed by atoms with E-state index in [0.717, 1.165) is 122 Å². The van der Waals surface area contributed by atoms with Gasteiger partial charge < -0.3 is 14.2 Å². The summed E-state index contributed by atoms with van der Waals surface area (Å²) >= 11 is 0. The van der Waals surface area contributed by atoms with Crippen molar-refractivity contribution in [3.8, 4) is 0 Å². The van der Waals surface area contributed by atoms with Crippen LogP contribution >= 0.6 is 0 Å². The highest BCUT2D eigenvalue weighted by molar-refractivity contribution is 5.71. The summed E-state index contributed by atoms with van der Waals surface area (Å²) in [6, 6.07) is 0. The maximum atomic E-state index is 12.9. The highest BCUT2D eigenvalue weighted by Gasteiger charge is 2.19. The first kappa shape index (κ1) is 75.8. The van der Waals surface area contributed by atoms with Crippen LogP contribution in [-0.2, 0) is 28.6 Å².